The maximum absolute atomic E-state index is 13.2. The second-order valence-electron chi connectivity index (χ2n) is 7.42. The third-order valence-corrected chi connectivity index (χ3v) is 5.19. The van der Waals surface area contributed by atoms with Gasteiger partial charge in [-0.05, 0) is 49.7 Å². The van der Waals surface area contributed by atoms with Crippen LogP contribution in [-0.2, 0) is 27.9 Å². The molecule has 1 aromatic heterocycles. The number of nitrogens with zero attached hydrogens (tertiary/aromatic N) is 3. The van der Waals surface area contributed by atoms with Crippen molar-refractivity contribution in [3.8, 4) is 5.75 Å². The zero-order valence-corrected chi connectivity index (χ0v) is 19.6. The molecule has 0 saturated carbocycles. The van der Waals surface area contributed by atoms with Crippen LogP contribution in [0.3, 0.4) is 0 Å². The Bertz CT molecular complexity index is 834. The minimum atomic E-state index is -0.192. The minimum absolute atomic E-state index is 0.00880. The molecule has 176 valence electrons. The average Bonchev–Trinajstić information content (AvgIpc) is 3.22. The van der Waals surface area contributed by atoms with Crippen molar-refractivity contribution in [1.29, 1.82) is 0 Å². The summed E-state index contributed by atoms with van der Waals surface area (Å²) in [7, 11) is 5.14. The Morgan fingerprint density at radius 3 is 2.34 bits per heavy atom. The summed E-state index contributed by atoms with van der Waals surface area (Å²) >= 11 is 0. The van der Waals surface area contributed by atoms with Crippen LogP contribution in [0.25, 0.3) is 0 Å². The molecule has 2 rings (SSSR count). The Morgan fingerprint density at radius 1 is 1.00 bits per heavy atom. The highest BCUT2D eigenvalue weighted by Gasteiger charge is 2.23. The van der Waals surface area contributed by atoms with E-state index in [1.807, 2.05) is 36.9 Å². The fourth-order valence-electron chi connectivity index (χ4n) is 3.28. The van der Waals surface area contributed by atoms with Gasteiger partial charge in [-0.3, -0.25) is 9.59 Å². The SMILES string of the molecule is CCOCCCN(CC(=O)N(CCOC)Cc1cccn1C)C(=O)c1ccc(OC)cc1. The molecular weight excluding hydrogens is 410 g/mol. The first-order valence-corrected chi connectivity index (χ1v) is 10.9. The normalized spacial score (nSPS) is 10.8. The number of carbonyl (C=O) groups excluding carboxylic acids is 2. The van der Waals surface area contributed by atoms with E-state index in [1.165, 1.54) is 0 Å². The van der Waals surface area contributed by atoms with Gasteiger partial charge in [0.1, 0.15) is 12.3 Å². The summed E-state index contributed by atoms with van der Waals surface area (Å²) in [5.41, 5.74) is 1.53. The van der Waals surface area contributed by atoms with Gasteiger partial charge in [-0.1, -0.05) is 0 Å². The topological polar surface area (TPSA) is 73.2 Å². The van der Waals surface area contributed by atoms with Gasteiger partial charge in [0.15, 0.2) is 0 Å². The van der Waals surface area contributed by atoms with E-state index in [0.29, 0.717) is 57.2 Å². The lowest BCUT2D eigenvalue weighted by Gasteiger charge is -2.28. The summed E-state index contributed by atoms with van der Waals surface area (Å²) in [6.45, 7) is 4.83. The molecule has 0 fully saturated rings. The van der Waals surface area contributed by atoms with Crippen molar-refractivity contribution in [1.82, 2.24) is 14.4 Å². The van der Waals surface area contributed by atoms with E-state index in [9.17, 15) is 9.59 Å². The van der Waals surface area contributed by atoms with E-state index >= 15 is 0 Å². The molecule has 32 heavy (non-hydrogen) atoms. The third kappa shape index (κ3) is 7.69. The fraction of sp³-hybridized carbons (Fsp3) is 0.500. The molecule has 8 heteroatoms. The first-order chi connectivity index (χ1) is 15.5. The van der Waals surface area contributed by atoms with Crippen molar-refractivity contribution >= 4 is 11.8 Å². The first-order valence-electron chi connectivity index (χ1n) is 10.9. The summed E-state index contributed by atoms with van der Waals surface area (Å²) in [4.78, 5) is 29.8. The van der Waals surface area contributed by atoms with Crippen LogP contribution >= 0.6 is 0 Å². The predicted octanol–water partition coefficient (Wildman–Crippen LogP) is 2.58. The Balaban J connectivity index is 2.15. The number of aromatic nitrogens is 1. The maximum atomic E-state index is 13.2. The number of carbonyl (C=O) groups is 2. The van der Waals surface area contributed by atoms with Crippen LogP contribution in [0, 0.1) is 0 Å². The molecule has 0 saturated heterocycles. The summed E-state index contributed by atoms with van der Waals surface area (Å²) in [6, 6.07) is 10.8. The van der Waals surface area contributed by atoms with Crippen molar-refractivity contribution in [3.63, 3.8) is 0 Å². The van der Waals surface area contributed by atoms with Crippen LogP contribution in [0.5, 0.6) is 5.75 Å². The van der Waals surface area contributed by atoms with Crippen LogP contribution in [0.15, 0.2) is 42.6 Å². The fourth-order valence-corrected chi connectivity index (χ4v) is 3.28. The zero-order chi connectivity index (χ0) is 23.3. The summed E-state index contributed by atoms with van der Waals surface area (Å²) in [6.07, 6.45) is 2.60. The second-order valence-corrected chi connectivity index (χ2v) is 7.42. The maximum Gasteiger partial charge on any atom is 0.254 e. The smallest absolute Gasteiger partial charge is 0.254 e. The number of amides is 2. The first kappa shape index (κ1) is 25.4. The monoisotopic (exact) mass is 445 g/mol. The van der Waals surface area contributed by atoms with Gasteiger partial charge in [0, 0.05) is 57.9 Å². The molecule has 0 atom stereocenters. The number of aryl methyl sites for hydroxylation is 1. The minimum Gasteiger partial charge on any atom is -0.497 e. The molecule has 0 N–H and O–H groups in total. The van der Waals surface area contributed by atoms with E-state index in [-0.39, 0.29) is 18.4 Å². The summed E-state index contributed by atoms with van der Waals surface area (Å²) in [5, 5.41) is 0. The lowest BCUT2D eigenvalue weighted by molar-refractivity contribution is -0.133. The summed E-state index contributed by atoms with van der Waals surface area (Å²) in [5.74, 6) is 0.360. The molecular formula is C24H35N3O5. The van der Waals surface area contributed by atoms with E-state index in [0.717, 1.165) is 5.69 Å². The molecule has 1 heterocycles. The predicted molar refractivity (Wildman–Crippen MR) is 123 cm³/mol. The molecule has 0 unspecified atom stereocenters. The lowest BCUT2D eigenvalue weighted by atomic mass is 10.2. The highest BCUT2D eigenvalue weighted by Crippen LogP contribution is 2.14. The van der Waals surface area contributed by atoms with Gasteiger partial charge in [-0.25, -0.2) is 0 Å². The van der Waals surface area contributed by atoms with Crippen molar-refractivity contribution in [2.24, 2.45) is 7.05 Å². The molecule has 2 aromatic rings. The molecule has 0 radical (unpaired) electrons. The molecule has 0 aliphatic carbocycles. The van der Waals surface area contributed by atoms with Crippen molar-refractivity contribution in [2.45, 2.75) is 19.9 Å². The number of methoxy groups -OCH3 is 2. The van der Waals surface area contributed by atoms with Crippen LogP contribution in [0.4, 0.5) is 0 Å². The molecule has 0 bridgehead atoms. The lowest BCUT2D eigenvalue weighted by Crippen LogP contribution is -2.44. The zero-order valence-electron chi connectivity index (χ0n) is 19.6. The highest BCUT2D eigenvalue weighted by molar-refractivity contribution is 5.96. The van der Waals surface area contributed by atoms with Crippen molar-refractivity contribution < 1.29 is 23.8 Å². The molecule has 0 aliphatic heterocycles. The van der Waals surface area contributed by atoms with Crippen LogP contribution < -0.4 is 4.74 Å². The van der Waals surface area contributed by atoms with Gasteiger partial charge in [-0.2, -0.15) is 0 Å². The highest BCUT2D eigenvalue weighted by atomic mass is 16.5. The van der Waals surface area contributed by atoms with Crippen molar-refractivity contribution in [2.75, 3.05) is 53.7 Å². The molecule has 8 nitrogen and oxygen atoms in total. The van der Waals surface area contributed by atoms with Crippen LogP contribution in [0.1, 0.15) is 29.4 Å². The van der Waals surface area contributed by atoms with Gasteiger partial charge in [0.2, 0.25) is 5.91 Å². The Labute approximate surface area is 190 Å². The molecule has 0 aliphatic rings. The van der Waals surface area contributed by atoms with Gasteiger partial charge in [0.05, 0.1) is 20.3 Å². The van der Waals surface area contributed by atoms with Crippen LogP contribution in [-0.4, -0.2) is 79.9 Å². The largest absolute Gasteiger partial charge is 0.497 e. The van der Waals surface area contributed by atoms with Crippen molar-refractivity contribution in [3.05, 3.63) is 53.9 Å². The standard InChI is InChI=1S/C24H35N3O5/c1-5-32-16-7-14-27(24(29)20-9-11-22(31-4)12-10-20)19-23(28)26(15-17-30-3)18-21-8-6-13-25(21)2/h6,8-13H,5,7,14-19H2,1-4H3. The Morgan fingerprint density at radius 2 is 1.75 bits per heavy atom. The van der Waals surface area contributed by atoms with Crippen LogP contribution in [0.2, 0.25) is 0 Å². The van der Waals surface area contributed by atoms with E-state index in [1.54, 1.807) is 48.3 Å². The van der Waals surface area contributed by atoms with Gasteiger partial charge in [0.25, 0.3) is 5.91 Å². The summed E-state index contributed by atoms with van der Waals surface area (Å²) < 4.78 is 17.8. The second kappa shape index (κ2) is 13.5. The van der Waals surface area contributed by atoms with Gasteiger partial charge >= 0.3 is 0 Å². The number of ether oxygens (including phenoxy) is 3. The Hall–Kier alpha value is -2.84. The number of benzene rings is 1. The van der Waals surface area contributed by atoms with E-state index in [4.69, 9.17) is 14.2 Å². The Kier molecular flexibility index (Phi) is 10.8. The number of hydrogen-bond donors (Lipinski definition) is 0. The molecule has 0 spiro atoms. The third-order valence-electron chi connectivity index (χ3n) is 5.19. The quantitative estimate of drug-likeness (QED) is 0.418. The molecule has 1 aromatic carbocycles. The molecule has 2 amide bonds. The van der Waals surface area contributed by atoms with E-state index < -0.39 is 0 Å². The number of rotatable bonds is 14. The number of hydrogen-bond acceptors (Lipinski definition) is 5. The van der Waals surface area contributed by atoms with E-state index in [2.05, 4.69) is 0 Å². The average molecular weight is 446 g/mol. The van der Waals surface area contributed by atoms with Gasteiger partial charge < -0.3 is 28.6 Å². The van der Waals surface area contributed by atoms with Gasteiger partial charge in [-0.15, -0.1) is 0 Å².